The Morgan fingerprint density at radius 1 is 1.19 bits per heavy atom. The molecule has 0 saturated heterocycles. The molecule has 21 heavy (non-hydrogen) atoms. The fourth-order valence-electron chi connectivity index (χ4n) is 2.86. The van der Waals surface area contributed by atoms with Gasteiger partial charge in [0.1, 0.15) is 12.4 Å². The fourth-order valence-corrected chi connectivity index (χ4v) is 3.67. The maximum absolute atomic E-state index is 5.79. The van der Waals surface area contributed by atoms with Crippen LogP contribution in [0.4, 0.5) is 0 Å². The van der Waals surface area contributed by atoms with Gasteiger partial charge < -0.3 is 4.74 Å². The second-order valence-corrected chi connectivity index (χ2v) is 6.43. The van der Waals surface area contributed by atoms with E-state index in [0.29, 0.717) is 0 Å². The van der Waals surface area contributed by atoms with Crippen molar-refractivity contribution in [1.82, 2.24) is 4.90 Å². The third-order valence-corrected chi connectivity index (χ3v) is 4.63. The van der Waals surface area contributed by atoms with Crippen LogP contribution in [0.3, 0.4) is 0 Å². The number of rotatable bonds is 4. The first-order valence-electron chi connectivity index (χ1n) is 7.40. The predicted octanol–water partition coefficient (Wildman–Crippen LogP) is 4.19. The summed E-state index contributed by atoms with van der Waals surface area (Å²) in [4.78, 5) is 2.47. The standard InChI is InChI=1S/C18H20BrNO/c1-14-11-15-13-20(8-7-17(15)18(19)12-14)9-10-21-16-5-3-2-4-6-16/h2-6,11-12H,7-10,13H2,1H3. The third kappa shape index (κ3) is 3.66. The molecular formula is C18H20BrNO. The lowest BCUT2D eigenvalue weighted by Crippen LogP contribution is -2.34. The lowest BCUT2D eigenvalue weighted by atomic mass is 9.98. The molecule has 1 aliphatic rings. The molecule has 0 fully saturated rings. The summed E-state index contributed by atoms with van der Waals surface area (Å²) in [5, 5.41) is 0. The van der Waals surface area contributed by atoms with Crippen LogP contribution < -0.4 is 4.74 Å². The number of halogens is 1. The summed E-state index contributed by atoms with van der Waals surface area (Å²) in [7, 11) is 0. The fraction of sp³-hybridized carbons (Fsp3) is 0.333. The summed E-state index contributed by atoms with van der Waals surface area (Å²) in [5.74, 6) is 0.952. The third-order valence-electron chi connectivity index (χ3n) is 3.92. The van der Waals surface area contributed by atoms with E-state index < -0.39 is 0 Å². The summed E-state index contributed by atoms with van der Waals surface area (Å²) >= 11 is 3.69. The van der Waals surface area contributed by atoms with Crippen LogP contribution in [-0.4, -0.2) is 24.6 Å². The summed E-state index contributed by atoms with van der Waals surface area (Å²) in [6.07, 6.45) is 1.11. The van der Waals surface area contributed by atoms with E-state index in [1.54, 1.807) is 0 Å². The van der Waals surface area contributed by atoms with Crippen molar-refractivity contribution in [1.29, 1.82) is 0 Å². The molecule has 2 nitrogen and oxygen atoms in total. The van der Waals surface area contributed by atoms with E-state index in [1.807, 2.05) is 30.3 Å². The molecule has 0 radical (unpaired) electrons. The zero-order valence-corrected chi connectivity index (χ0v) is 13.9. The van der Waals surface area contributed by atoms with Crippen molar-refractivity contribution >= 4 is 15.9 Å². The van der Waals surface area contributed by atoms with Gasteiger partial charge >= 0.3 is 0 Å². The Morgan fingerprint density at radius 3 is 2.81 bits per heavy atom. The molecule has 0 bridgehead atoms. The van der Waals surface area contributed by atoms with Crippen LogP contribution in [0.25, 0.3) is 0 Å². The maximum atomic E-state index is 5.79. The van der Waals surface area contributed by atoms with E-state index in [2.05, 4.69) is 39.9 Å². The summed E-state index contributed by atoms with van der Waals surface area (Å²) < 4.78 is 7.05. The predicted molar refractivity (Wildman–Crippen MR) is 89.8 cm³/mol. The van der Waals surface area contributed by atoms with Crippen molar-refractivity contribution in [2.24, 2.45) is 0 Å². The Hall–Kier alpha value is -1.32. The minimum atomic E-state index is 0.742. The lowest BCUT2D eigenvalue weighted by molar-refractivity contribution is 0.196. The number of aryl methyl sites for hydroxylation is 1. The minimum absolute atomic E-state index is 0.742. The average molecular weight is 346 g/mol. The van der Waals surface area contributed by atoms with Crippen LogP contribution in [0.15, 0.2) is 46.9 Å². The molecule has 0 amide bonds. The van der Waals surface area contributed by atoms with Crippen LogP contribution in [-0.2, 0) is 13.0 Å². The molecule has 0 spiro atoms. The number of nitrogens with zero attached hydrogens (tertiary/aromatic N) is 1. The Labute approximate surface area is 134 Å². The second kappa shape index (κ2) is 6.63. The first-order valence-corrected chi connectivity index (χ1v) is 8.20. The highest BCUT2D eigenvalue weighted by Crippen LogP contribution is 2.27. The Morgan fingerprint density at radius 2 is 2.00 bits per heavy atom. The molecule has 0 saturated carbocycles. The summed E-state index contributed by atoms with van der Waals surface area (Å²) in [5.41, 5.74) is 4.25. The number of fused-ring (bicyclic) bond motifs is 1. The second-order valence-electron chi connectivity index (χ2n) is 5.57. The Balaban J connectivity index is 1.57. The van der Waals surface area contributed by atoms with E-state index in [-0.39, 0.29) is 0 Å². The van der Waals surface area contributed by atoms with Crippen molar-refractivity contribution in [2.45, 2.75) is 19.9 Å². The van der Waals surface area contributed by atoms with E-state index in [9.17, 15) is 0 Å². The van der Waals surface area contributed by atoms with Gasteiger partial charge in [-0.1, -0.05) is 40.2 Å². The van der Waals surface area contributed by atoms with Gasteiger partial charge in [-0.05, 0) is 48.2 Å². The smallest absolute Gasteiger partial charge is 0.119 e. The summed E-state index contributed by atoms with van der Waals surface area (Å²) in [6.45, 7) is 6.00. The van der Waals surface area contributed by atoms with Crippen LogP contribution in [0.5, 0.6) is 5.75 Å². The number of hydrogen-bond donors (Lipinski definition) is 0. The normalized spacial score (nSPS) is 14.8. The lowest BCUT2D eigenvalue weighted by Gasteiger charge is -2.29. The van der Waals surface area contributed by atoms with Gasteiger partial charge in [0.15, 0.2) is 0 Å². The molecule has 0 N–H and O–H groups in total. The minimum Gasteiger partial charge on any atom is -0.492 e. The number of benzene rings is 2. The highest BCUT2D eigenvalue weighted by Gasteiger charge is 2.18. The van der Waals surface area contributed by atoms with Crippen molar-refractivity contribution in [3.05, 3.63) is 63.6 Å². The molecule has 0 unspecified atom stereocenters. The highest BCUT2D eigenvalue weighted by atomic mass is 79.9. The molecule has 3 rings (SSSR count). The van der Waals surface area contributed by atoms with E-state index in [1.165, 1.54) is 21.2 Å². The van der Waals surface area contributed by atoms with Gasteiger partial charge in [-0.3, -0.25) is 4.90 Å². The quantitative estimate of drug-likeness (QED) is 0.823. The van der Waals surface area contributed by atoms with E-state index >= 15 is 0 Å². The molecule has 0 aromatic heterocycles. The van der Waals surface area contributed by atoms with Crippen molar-refractivity contribution in [3.8, 4) is 5.75 Å². The summed E-state index contributed by atoms with van der Waals surface area (Å²) in [6, 6.07) is 14.6. The van der Waals surface area contributed by atoms with Crippen LogP contribution >= 0.6 is 15.9 Å². The zero-order chi connectivity index (χ0) is 14.7. The molecule has 3 heteroatoms. The van der Waals surface area contributed by atoms with Gasteiger partial charge in [-0.25, -0.2) is 0 Å². The van der Waals surface area contributed by atoms with Gasteiger partial charge in [-0.2, -0.15) is 0 Å². The van der Waals surface area contributed by atoms with Gasteiger partial charge in [0.2, 0.25) is 0 Å². The first kappa shape index (κ1) is 14.6. The van der Waals surface area contributed by atoms with Gasteiger partial charge in [0.05, 0.1) is 0 Å². The molecule has 2 aromatic carbocycles. The molecule has 0 aliphatic carbocycles. The molecule has 1 aliphatic heterocycles. The largest absolute Gasteiger partial charge is 0.492 e. The van der Waals surface area contributed by atoms with Crippen molar-refractivity contribution in [2.75, 3.05) is 19.7 Å². The van der Waals surface area contributed by atoms with Gasteiger partial charge in [0.25, 0.3) is 0 Å². The van der Waals surface area contributed by atoms with E-state index in [4.69, 9.17) is 4.74 Å². The monoisotopic (exact) mass is 345 g/mol. The first-order chi connectivity index (χ1) is 10.2. The Kier molecular flexibility index (Phi) is 4.61. The van der Waals surface area contributed by atoms with Crippen LogP contribution in [0.1, 0.15) is 16.7 Å². The van der Waals surface area contributed by atoms with Gasteiger partial charge in [-0.15, -0.1) is 0 Å². The molecule has 110 valence electrons. The number of para-hydroxylation sites is 1. The Bertz CT molecular complexity index is 612. The van der Waals surface area contributed by atoms with Crippen LogP contribution in [0, 0.1) is 6.92 Å². The SMILES string of the molecule is Cc1cc(Br)c2c(c1)CN(CCOc1ccccc1)CC2. The highest BCUT2D eigenvalue weighted by molar-refractivity contribution is 9.10. The zero-order valence-electron chi connectivity index (χ0n) is 12.3. The van der Waals surface area contributed by atoms with Crippen molar-refractivity contribution < 1.29 is 4.74 Å². The molecule has 0 atom stereocenters. The average Bonchev–Trinajstić information content (AvgIpc) is 2.48. The van der Waals surface area contributed by atoms with E-state index in [0.717, 1.165) is 38.4 Å². The van der Waals surface area contributed by atoms with Crippen molar-refractivity contribution in [3.63, 3.8) is 0 Å². The van der Waals surface area contributed by atoms with Crippen LogP contribution in [0.2, 0.25) is 0 Å². The topological polar surface area (TPSA) is 12.5 Å². The molecule has 2 aromatic rings. The number of hydrogen-bond acceptors (Lipinski definition) is 2. The number of ether oxygens (including phenoxy) is 1. The molecular weight excluding hydrogens is 326 g/mol. The van der Waals surface area contributed by atoms with Gasteiger partial charge in [0, 0.05) is 24.1 Å². The molecule has 1 heterocycles. The maximum Gasteiger partial charge on any atom is 0.119 e.